The Morgan fingerprint density at radius 2 is 2.00 bits per heavy atom. The van der Waals surface area contributed by atoms with E-state index in [0.717, 1.165) is 22.6 Å². The van der Waals surface area contributed by atoms with Gasteiger partial charge in [-0.1, -0.05) is 17.7 Å². The highest BCUT2D eigenvalue weighted by Crippen LogP contribution is 2.23. The molecule has 0 atom stereocenters. The van der Waals surface area contributed by atoms with Gasteiger partial charge in [-0.15, -0.1) is 0 Å². The second-order valence-electron chi connectivity index (χ2n) is 4.23. The largest absolute Gasteiger partial charge is 0.487 e. The van der Waals surface area contributed by atoms with Crippen molar-refractivity contribution < 1.29 is 4.74 Å². The van der Waals surface area contributed by atoms with E-state index in [1.165, 1.54) is 0 Å². The van der Waals surface area contributed by atoms with E-state index in [4.69, 9.17) is 16.3 Å². The van der Waals surface area contributed by atoms with E-state index < -0.39 is 0 Å². The summed E-state index contributed by atoms with van der Waals surface area (Å²) in [6.07, 6.45) is 5.36. The fourth-order valence-corrected chi connectivity index (χ4v) is 2.10. The number of aromatic amines is 1. The van der Waals surface area contributed by atoms with Crippen molar-refractivity contribution in [1.82, 2.24) is 15.2 Å². The Hall–Kier alpha value is -2.33. The first-order valence-corrected chi connectivity index (χ1v) is 6.52. The van der Waals surface area contributed by atoms with Gasteiger partial charge in [0.1, 0.15) is 18.1 Å². The first kappa shape index (κ1) is 12.7. The minimum atomic E-state index is 0.376. The van der Waals surface area contributed by atoms with Gasteiger partial charge in [-0.2, -0.15) is 5.10 Å². The molecule has 0 unspecified atom stereocenters. The first-order valence-electron chi connectivity index (χ1n) is 6.14. The Morgan fingerprint density at radius 3 is 2.80 bits per heavy atom. The Labute approximate surface area is 121 Å². The van der Waals surface area contributed by atoms with Crippen LogP contribution in [-0.2, 0) is 6.61 Å². The molecule has 100 valence electrons. The molecule has 3 aromatic rings. The SMILES string of the molecule is Clc1cccc(OCc2n[nH]cc2-c2ccncc2)c1. The zero-order chi connectivity index (χ0) is 13.8. The molecule has 0 radical (unpaired) electrons. The molecule has 0 fully saturated rings. The van der Waals surface area contributed by atoms with Crippen LogP contribution in [-0.4, -0.2) is 15.2 Å². The lowest BCUT2D eigenvalue weighted by molar-refractivity contribution is 0.301. The van der Waals surface area contributed by atoms with Crippen molar-refractivity contribution in [1.29, 1.82) is 0 Å². The van der Waals surface area contributed by atoms with Crippen LogP contribution in [0.3, 0.4) is 0 Å². The normalized spacial score (nSPS) is 10.4. The summed E-state index contributed by atoms with van der Waals surface area (Å²) in [7, 11) is 0. The summed E-state index contributed by atoms with van der Waals surface area (Å²) in [6.45, 7) is 0.376. The van der Waals surface area contributed by atoms with Crippen molar-refractivity contribution in [3.05, 3.63) is 65.7 Å². The van der Waals surface area contributed by atoms with Gasteiger partial charge in [0.05, 0.1) is 0 Å². The fourth-order valence-electron chi connectivity index (χ4n) is 1.92. The molecule has 0 aliphatic rings. The van der Waals surface area contributed by atoms with Gasteiger partial charge < -0.3 is 4.74 Å². The monoisotopic (exact) mass is 285 g/mol. The van der Waals surface area contributed by atoms with Crippen molar-refractivity contribution in [3.8, 4) is 16.9 Å². The second kappa shape index (κ2) is 5.75. The molecule has 1 aromatic carbocycles. The predicted octanol–water partition coefficient (Wildman–Crippen LogP) is 3.70. The molecule has 0 spiro atoms. The molecular weight excluding hydrogens is 274 g/mol. The molecule has 0 saturated heterocycles. The number of H-pyrrole nitrogens is 1. The van der Waals surface area contributed by atoms with E-state index in [1.807, 2.05) is 36.5 Å². The van der Waals surface area contributed by atoms with E-state index in [1.54, 1.807) is 18.5 Å². The number of hydrogen-bond donors (Lipinski definition) is 1. The van der Waals surface area contributed by atoms with Gasteiger partial charge in [-0.25, -0.2) is 0 Å². The second-order valence-corrected chi connectivity index (χ2v) is 4.66. The number of ether oxygens (including phenoxy) is 1. The van der Waals surface area contributed by atoms with Gasteiger partial charge in [-0.05, 0) is 35.9 Å². The maximum absolute atomic E-state index is 5.92. The van der Waals surface area contributed by atoms with Crippen LogP contribution in [0.4, 0.5) is 0 Å². The van der Waals surface area contributed by atoms with Crippen molar-refractivity contribution in [3.63, 3.8) is 0 Å². The van der Waals surface area contributed by atoms with Gasteiger partial charge in [0.2, 0.25) is 0 Å². The van der Waals surface area contributed by atoms with Crippen LogP contribution in [0.2, 0.25) is 5.02 Å². The highest BCUT2D eigenvalue weighted by atomic mass is 35.5. The van der Waals surface area contributed by atoms with Crippen LogP contribution in [0.1, 0.15) is 5.69 Å². The lowest BCUT2D eigenvalue weighted by atomic mass is 10.1. The summed E-state index contributed by atoms with van der Waals surface area (Å²) >= 11 is 5.92. The smallest absolute Gasteiger partial charge is 0.133 e. The topological polar surface area (TPSA) is 50.8 Å². The molecule has 5 heteroatoms. The van der Waals surface area contributed by atoms with Crippen LogP contribution in [0.15, 0.2) is 55.0 Å². The highest BCUT2D eigenvalue weighted by molar-refractivity contribution is 6.30. The lowest BCUT2D eigenvalue weighted by Gasteiger charge is -2.06. The molecular formula is C15H12ClN3O. The standard InChI is InChI=1S/C15H12ClN3O/c16-12-2-1-3-13(8-12)20-10-15-14(9-18-19-15)11-4-6-17-7-5-11/h1-9H,10H2,(H,18,19). The maximum Gasteiger partial charge on any atom is 0.133 e. The summed E-state index contributed by atoms with van der Waals surface area (Å²) in [5, 5.41) is 7.75. The Balaban J connectivity index is 1.78. The third kappa shape index (κ3) is 2.81. The minimum absolute atomic E-state index is 0.376. The number of halogens is 1. The third-order valence-electron chi connectivity index (χ3n) is 2.88. The maximum atomic E-state index is 5.92. The fraction of sp³-hybridized carbons (Fsp3) is 0.0667. The summed E-state index contributed by atoms with van der Waals surface area (Å²) < 4.78 is 5.71. The number of rotatable bonds is 4. The summed E-state index contributed by atoms with van der Waals surface area (Å²) in [6, 6.07) is 11.2. The molecule has 1 N–H and O–H groups in total. The Kier molecular flexibility index (Phi) is 3.65. The summed E-state index contributed by atoms with van der Waals surface area (Å²) in [5.74, 6) is 0.723. The predicted molar refractivity (Wildman–Crippen MR) is 77.6 cm³/mol. The van der Waals surface area contributed by atoms with Gasteiger partial charge >= 0.3 is 0 Å². The van der Waals surface area contributed by atoms with E-state index in [0.29, 0.717) is 11.6 Å². The molecule has 0 aliphatic carbocycles. The van der Waals surface area contributed by atoms with Crippen LogP contribution in [0, 0.1) is 0 Å². The Bertz CT molecular complexity index is 697. The van der Waals surface area contributed by atoms with Crippen molar-refractivity contribution in [2.24, 2.45) is 0 Å². The van der Waals surface area contributed by atoms with Crippen LogP contribution < -0.4 is 4.74 Å². The zero-order valence-electron chi connectivity index (χ0n) is 10.6. The molecule has 20 heavy (non-hydrogen) atoms. The summed E-state index contributed by atoms with van der Waals surface area (Å²) in [4.78, 5) is 4.01. The molecule has 0 saturated carbocycles. The number of nitrogens with one attached hydrogen (secondary N) is 1. The van der Waals surface area contributed by atoms with Crippen LogP contribution in [0.5, 0.6) is 5.75 Å². The summed E-state index contributed by atoms with van der Waals surface area (Å²) in [5.41, 5.74) is 2.91. The van der Waals surface area contributed by atoms with Crippen LogP contribution >= 0.6 is 11.6 Å². The van der Waals surface area contributed by atoms with Crippen molar-refractivity contribution in [2.45, 2.75) is 6.61 Å². The molecule has 0 aliphatic heterocycles. The highest BCUT2D eigenvalue weighted by Gasteiger charge is 2.08. The average Bonchev–Trinajstić information content (AvgIpc) is 2.95. The lowest BCUT2D eigenvalue weighted by Crippen LogP contribution is -1.97. The number of aromatic nitrogens is 3. The first-order chi connectivity index (χ1) is 9.83. The number of nitrogens with zero attached hydrogens (tertiary/aromatic N) is 2. The molecule has 2 heterocycles. The minimum Gasteiger partial charge on any atom is -0.487 e. The number of pyridine rings is 1. The van der Waals surface area contributed by atoms with E-state index >= 15 is 0 Å². The third-order valence-corrected chi connectivity index (χ3v) is 3.12. The number of hydrogen-bond acceptors (Lipinski definition) is 3. The Morgan fingerprint density at radius 1 is 1.15 bits per heavy atom. The van der Waals surface area contributed by atoms with Gasteiger partial charge in [0, 0.05) is 29.2 Å². The van der Waals surface area contributed by atoms with Gasteiger partial charge in [0.25, 0.3) is 0 Å². The number of benzene rings is 1. The molecule has 2 aromatic heterocycles. The quantitative estimate of drug-likeness (QED) is 0.795. The van der Waals surface area contributed by atoms with Gasteiger partial charge in [-0.3, -0.25) is 10.1 Å². The molecule has 0 amide bonds. The van der Waals surface area contributed by atoms with E-state index in [-0.39, 0.29) is 0 Å². The average molecular weight is 286 g/mol. The molecule has 0 bridgehead atoms. The zero-order valence-corrected chi connectivity index (χ0v) is 11.3. The molecule has 4 nitrogen and oxygen atoms in total. The van der Waals surface area contributed by atoms with Crippen LogP contribution in [0.25, 0.3) is 11.1 Å². The van der Waals surface area contributed by atoms with E-state index in [9.17, 15) is 0 Å². The van der Waals surface area contributed by atoms with E-state index in [2.05, 4.69) is 15.2 Å². The van der Waals surface area contributed by atoms with Crippen molar-refractivity contribution in [2.75, 3.05) is 0 Å². The van der Waals surface area contributed by atoms with Crippen molar-refractivity contribution >= 4 is 11.6 Å². The molecule has 3 rings (SSSR count). The van der Waals surface area contributed by atoms with Gasteiger partial charge in [0.15, 0.2) is 0 Å².